The molecule has 7 nitrogen and oxygen atoms in total. The summed E-state index contributed by atoms with van der Waals surface area (Å²) in [7, 11) is 0. The molecule has 1 aliphatic rings. The molecular formula is C14H18N4O3. The topological polar surface area (TPSA) is 105 Å². The Hall–Kier alpha value is -2.25. The van der Waals surface area contributed by atoms with Crippen molar-refractivity contribution in [2.45, 2.75) is 13.0 Å². The Morgan fingerprint density at radius 3 is 2.38 bits per heavy atom. The normalized spacial score (nSPS) is 15.7. The molecule has 0 saturated carbocycles. The number of hydrogen-bond acceptors (Lipinski definition) is 5. The summed E-state index contributed by atoms with van der Waals surface area (Å²) in [5.41, 5.74) is 7.19. The predicted molar refractivity (Wildman–Crippen MR) is 77.2 cm³/mol. The fourth-order valence-electron chi connectivity index (χ4n) is 2.06. The van der Waals surface area contributed by atoms with Crippen LogP contribution in [0.2, 0.25) is 0 Å². The average Bonchev–Trinajstić information content (AvgIpc) is 2.45. The monoisotopic (exact) mass is 290 g/mol. The van der Waals surface area contributed by atoms with Gasteiger partial charge in [-0.25, -0.2) is 0 Å². The van der Waals surface area contributed by atoms with Gasteiger partial charge in [0, 0.05) is 25.2 Å². The van der Waals surface area contributed by atoms with Crippen molar-refractivity contribution >= 4 is 23.4 Å². The predicted octanol–water partition coefficient (Wildman–Crippen LogP) is -0.568. The molecule has 1 aromatic carbocycles. The molecule has 0 unspecified atom stereocenters. The molecule has 0 bridgehead atoms. The summed E-state index contributed by atoms with van der Waals surface area (Å²) in [6.07, 6.45) is 0.221. The second-order valence-corrected chi connectivity index (χ2v) is 4.88. The zero-order chi connectivity index (χ0) is 15.2. The summed E-state index contributed by atoms with van der Waals surface area (Å²) < 4.78 is 0. The molecular weight excluding hydrogens is 272 g/mol. The van der Waals surface area contributed by atoms with Gasteiger partial charge in [-0.15, -0.1) is 0 Å². The third-order valence-electron chi connectivity index (χ3n) is 3.14. The maximum absolute atomic E-state index is 11.8. The highest BCUT2D eigenvalue weighted by Crippen LogP contribution is 2.09. The fourth-order valence-corrected chi connectivity index (χ4v) is 2.06. The second-order valence-electron chi connectivity index (χ2n) is 4.88. The van der Waals surface area contributed by atoms with Crippen molar-refractivity contribution in [3.63, 3.8) is 0 Å². The SMILES string of the molecule is NCc1ccc(NC(=O)CCN2CC(=O)NC(=O)C2)cc1. The lowest BCUT2D eigenvalue weighted by Crippen LogP contribution is -2.51. The molecule has 0 radical (unpaired) electrons. The minimum atomic E-state index is -0.330. The van der Waals surface area contributed by atoms with E-state index in [0.29, 0.717) is 18.8 Å². The number of nitrogens with one attached hydrogen (secondary N) is 2. The molecule has 0 aromatic heterocycles. The van der Waals surface area contributed by atoms with Gasteiger partial charge in [-0.1, -0.05) is 12.1 Å². The zero-order valence-electron chi connectivity index (χ0n) is 11.6. The maximum Gasteiger partial charge on any atom is 0.240 e. The number of carbonyl (C=O) groups excluding carboxylic acids is 3. The number of hydrogen-bond donors (Lipinski definition) is 3. The first kappa shape index (κ1) is 15.1. The summed E-state index contributed by atoms with van der Waals surface area (Å²) >= 11 is 0. The van der Waals surface area contributed by atoms with Gasteiger partial charge in [0.2, 0.25) is 17.7 Å². The van der Waals surface area contributed by atoms with Crippen LogP contribution in [-0.2, 0) is 20.9 Å². The van der Waals surface area contributed by atoms with Gasteiger partial charge in [0.25, 0.3) is 0 Å². The number of benzene rings is 1. The molecule has 1 heterocycles. The van der Waals surface area contributed by atoms with Gasteiger partial charge in [0.05, 0.1) is 13.1 Å². The van der Waals surface area contributed by atoms with Crippen molar-refractivity contribution in [1.82, 2.24) is 10.2 Å². The van der Waals surface area contributed by atoms with E-state index in [2.05, 4.69) is 10.6 Å². The highest BCUT2D eigenvalue weighted by Gasteiger charge is 2.22. The van der Waals surface area contributed by atoms with Crippen LogP contribution in [0.1, 0.15) is 12.0 Å². The Morgan fingerprint density at radius 2 is 1.81 bits per heavy atom. The van der Waals surface area contributed by atoms with Crippen LogP contribution in [0.15, 0.2) is 24.3 Å². The van der Waals surface area contributed by atoms with E-state index in [4.69, 9.17) is 5.73 Å². The van der Waals surface area contributed by atoms with E-state index in [1.807, 2.05) is 12.1 Å². The third kappa shape index (κ3) is 4.66. The lowest BCUT2D eigenvalue weighted by molar-refractivity contribution is -0.136. The van der Waals surface area contributed by atoms with E-state index in [1.54, 1.807) is 17.0 Å². The maximum atomic E-state index is 11.8. The minimum Gasteiger partial charge on any atom is -0.326 e. The van der Waals surface area contributed by atoms with E-state index in [0.717, 1.165) is 5.56 Å². The molecule has 4 N–H and O–H groups in total. The van der Waals surface area contributed by atoms with Gasteiger partial charge in [-0.2, -0.15) is 0 Å². The largest absolute Gasteiger partial charge is 0.326 e. The van der Waals surface area contributed by atoms with Crippen molar-refractivity contribution in [3.8, 4) is 0 Å². The van der Waals surface area contributed by atoms with E-state index < -0.39 is 0 Å². The molecule has 1 saturated heterocycles. The molecule has 2 rings (SSSR count). The zero-order valence-corrected chi connectivity index (χ0v) is 11.6. The molecule has 1 fully saturated rings. The number of carbonyl (C=O) groups is 3. The molecule has 7 heteroatoms. The van der Waals surface area contributed by atoms with Crippen molar-refractivity contribution in [2.24, 2.45) is 5.73 Å². The summed E-state index contributed by atoms with van der Waals surface area (Å²) in [5, 5.41) is 4.98. The Bertz CT molecular complexity index is 526. The van der Waals surface area contributed by atoms with Crippen molar-refractivity contribution in [3.05, 3.63) is 29.8 Å². The van der Waals surface area contributed by atoms with E-state index in [-0.39, 0.29) is 37.2 Å². The van der Waals surface area contributed by atoms with Crippen LogP contribution in [0.4, 0.5) is 5.69 Å². The first-order valence-electron chi connectivity index (χ1n) is 6.70. The van der Waals surface area contributed by atoms with Crippen LogP contribution in [0, 0.1) is 0 Å². The number of imide groups is 1. The molecule has 0 atom stereocenters. The average molecular weight is 290 g/mol. The summed E-state index contributed by atoms with van der Waals surface area (Å²) in [5.74, 6) is -0.818. The summed E-state index contributed by atoms with van der Waals surface area (Å²) in [6, 6.07) is 7.28. The molecule has 112 valence electrons. The number of nitrogens with zero attached hydrogens (tertiary/aromatic N) is 1. The van der Waals surface area contributed by atoms with Crippen LogP contribution >= 0.6 is 0 Å². The van der Waals surface area contributed by atoms with Crippen LogP contribution < -0.4 is 16.4 Å². The van der Waals surface area contributed by atoms with E-state index in [1.165, 1.54) is 0 Å². The molecule has 1 aliphatic heterocycles. The Morgan fingerprint density at radius 1 is 1.19 bits per heavy atom. The number of nitrogens with two attached hydrogens (primary N) is 1. The van der Waals surface area contributed by atoms with Gasteiger partial charge in [-0.3, -0.25) is 24.6 Å². The first-order valence-corrected chi connectivity index (χ1v) is 6.70. The Kier molecular flexibility index (Phi) is 5.02. The Labute approximate surface area is 122 Å². The smallest absolute Gasteiger partial charge is 0.240 e. The van der Waals surface area contributed by atoms with Gasteiger partial charge in [-0.05, 0) is 17.7 Å². The quantitative estimate of drug-likeness (QED) is 0.630. The third-order valence-corrected chi connectivity index (χ3v) is 3.14. The minimum absolute atomic E-state index is 0.143. The van der Waals surface area contributed by atoms with Crippen LogP contribution in [0.25, 0.3) is 0 Å². The van der Waals surface area contributed by atoms with Crippen molar-refractivity contribution in [2.75, 3.05) is 25.0 Å². The standard InChI is InChI=1S/C14H18N4O3/c15-7-10-1-3-11(4-2-10)16-12(19)5-6-18-8-13(20)17-14(21)9-18/h1-4H,5-9,15H2,(H,16,19)(H,17,20,21). The highest BCUT2D eigenvalue weighted by molar-refractivity contribution is 5.99. The number of amides is 3. The lowest BCUT2D eigenvalue weighted by Gasteiger charge is -2.24. The number of rotatable bonds is 5. The Balaban J connectivity index is 1.78. The van der Waals surface area contributed by atoms with Gasteiger partial charge in [0.15, 0.2) is 0 Å². The molecule has 0 aliphatic carbocycles. The van der Waals surface area contributed by atoms with Gasteiger partial charge < -0.3 is 11.1 Å². The van der Waals surface area contributed by atoms with Crippen LogP contribution in [-0.4, -0.2) is 42.3 Å². The number of anilines is 1. The number of piperazine rings is 1. The summed E-state index contributed by atoms with van der Waals surface area (Å²) in [6.45, 7) is 1.11. The fraction of sp³-hybridized carbons (Fsp3) is 0.357. The van der Waals surface area contributed by atoms with Crippen molar-refractivity contribution in [1.29, 1.82) is 0 Å². The van der Waals surface area contributed by atoms with Gasteiger partial charge >= 0.3 is 0 Å². The van der Waals surface area contributed by atoms with Gasteiger partial charge in [0.1, 0.15) is 0 Å². The second kappa shape index (κ2) is 6.96. The highest BCUT2D eigenvalue weighted by atomic mass is 16.2. The molecule has 1 aromatic rings. The van der Waals surface area contributed by atoms with E-state index in [9.17, 15) is 14.4 Å². The lowest BCUT2D eigenvalue weighted by atomic mass is 10.2. The van der Waals surface area contributed by atoms with Crippen molar-refractivity contribution < 1.29 is 14.4 Å². The van der Waals surface area contributed by atoms with E-state index >= 15 is 0 Å². The molecule has 3 amide bonds. The first-order chi connectivity index (χ1) is 10.1. The summed E-state index contributed by atoms with van der Waals surface area (Å²) in [4.78, 5) is 35.9. The van der Waals surface area contributed by atoms with Crippen LogP contribution in [0.5, 0.6) is 0 Å². The molecule has 0 spiro atoms. The molecule has 21 heavy (non-hydrogen) atoms. The van der Waals surface area contributed by atoms with Crippen LogP contribution in [0.3, 0.4) is 0 Å².